The maximum Gasteiger partial charge on any atom is 0.245 e. The summed E-state index contributed by atoms with van der Waals surface area (Å²) in [5, 5.41) is 5.15. The lowest BCUT2D eigenvalue weighted by Crippen LogP contribution is -2.46. The van der Waals surface area contributed by atoms with Gasteiger partial charge in [-0.3, -0.25) is 29.0 Å². The van der Waals surface area contributed by atoms with E-state index in [2.05, 4.69) is 33.6 Å². The second-order valence-electron chi connectivity index (χ2n) is 10.5. The maximum absolute atomic E-state index is 13.8. The molecule has 1 saturated carbocycles. The average Bonchev–Trinajstić information content (AvgIpc) is 3.24. The van der Waals surface area contributed by atoms with Crippen LogP contribution in [0.3, 0.4) is 0 Å². The molecular weight excluding hydrogens is 494 g/mol. The van der Waals surface area contributed by atoms with E-state index in [1.165, 1.54) is 17.8 Å². The van der Waals surface area contributed by atoms with E-state index in [1.54, 1.807) is 42.4 Å². The highest BCUT2D eigenvalue weighted by molar-refractivity contribution is 6.46. The number of ketones is 2. The molecule has 200 valence electrons. The molecule has 10 nitrogen and oxygen atoms in total. The summed E-state index contributed by atoms with van der Waals surface area (Å²) in [6.45, 7) is 12.5. The third-order valence-corrected chi connectivity index (χ3v) is 7.63. The number of hydrogen-bond donors (Lipinski definition) is 0. The van der Waals surface area contributed by atoms with Crippen molar-refractivity contribution in [2.75, 3.05) is 0 Å². The summed E-state index contributed by atoms with van der Waals surface area (Å²) in [5.74, 6) is -0.00449. The number of carbonyl (C=O) groups is 3. The number of piperidine rings is 1. The Balaban J connectivity index is 1.51. The van der Waals surface area contributed by atoms with Crippen LogP contribution >= 0.6 is 0 Å². The van der Waals surface area contributed by atoms with Gasteiger partial charge in [-0.25, -0.2) is 9.97 Å². The lowest BCUT2D eigenvalue weighted by molar-refractivity contribution is -0.137. The zero-order valence-corrected chi connectivity index (χ0v) is 22.8. The summed E-state index contributed by atoms with van der Waals surface area (Å²) in [5.41, 5.74) is 3.00. The van der Waals surface area contributed by atoms with Gasteiger partial charge in [0.2, 0.25) is 11.7 Å². The summed E-state index contributed by atoms with van der Waals surface area (Å²) in [6, 6.07) is 1.16. The summed E-state index contributed by atoms with van der Waals surface area (Å²) >= 11 is 0. The van der Waals surface area contributed by atoms with Gasteiger partial charge in [0.05, 0.1) is 22.9 Å². The lowest BCUT2D eigenvalue weighted by atomic mass is 9.97. The second kappa shape index (κ2) is 9.76. The first-order valence-electron chi connectivity index (χ1n) is 12.9. The molecule has 3 aromatic rings. The highest BCUT2D eigenvalue weighted by Crippen LogP contribution is 2.59. The van der Waals surface area contributed by atoms with Crippen LogP contribution in [-0.2, 0) is 16.1 Å². The van der Waals surface area contributed by atoms with Gasteiger partial charge < -0.3 is 4.90 Å². The molecule has 0 spiro atoms. The van der Waals surface area contributed by atoms with E-state index in [-0.39, 0.29) is 46.9 Å². The van der Waals surface area contributed by atoms with E-state index in [1.807, 2.05) is 13.8 Å². The van der Waals surface area contributed by atoms with Gasteiger partial charge in [-0.1, -0.05) is 19.6 Å². The van der Waals surface area contributed by atoms with Crippen molar-refractivity contribution in [2.24, 2.45) is 10.4 Å². The number of aryl methyl sites for hydroxylation is 2. The van der Waals surface area contributed by atoms with Crippen molar-refractivity contribution >= 4 is 34.1 Å². The number of pyridine rings is 1. The molecule has 2 fully saturated rings. The summed E-state index contributed by atoms with van der Waals surface area (Å²) in [4.78, 5) is 58.9. The highest BCUT2D eigenvalue weighted by Gasteiger charge is 2.64. The molecule has 1 aliphatic heterocycles. The molecule has 4 heterocycles. The van der Waals surface area contributed by atoms with Crippen LogP contribution in [-0.4, -0.2) is 64.9 Å². The molecule has 10 heteroatoms. The fourth-order valence-electron chi connectivity index (χ4n) is 5.63. The first-order valence-corrected chi connectivity index (χ1v) is 12.9. The SMILES string of the molecule is C=C/N=C(\C=C/C)C(=O)C1CC2(C)CC2N1C(=O)Cn1nc(C(C)=O)c2cc(-c3cnc(C)nc3)nc(C)c21. The number of rotatable bonds is 8. The van der Waals surface area contributed by atoms with Gasteiger partial charge in [0.25, 0.3) is 0 Å². The maximum atomic E-state index is 13.8. The summed E-state index contributed by atoms with van der Waals surface area (Å²) < 4.78 is 1.54. The topological polar surface area (TPSA) is 123 Å². The Morgan fingerprint density at radius 2 is 1.92 bits per heavy atom. The van der Waals surface area contributed by atoms with Crippen molar-refractivity contribution in [3.05, 3.63) is 60.6 Å². The minimum absolute atomic E-state index is 0.0176. The van der Waals surface area contributed by atoms with Crippen molar-refractivity contribution in [3.63, 3.8) is 0 Å². The molecule has 39 heavy (non-hydrogen) atoms. The van der Waals surface area contributed by atoms with E-state index in [0.29, 0.717) is 40.1 Å². The number of hydrogen-bond acceptors (Lipinski definition) is 8. The van der Waals surface area contributed by atoms with Crippen LogP contribution in [0.15, 0.2) is 48.4 Å². The molecule has 5 rings (SSSR count). The number of aliphatic imine (C=N–C) groups is 1. The van der Waals surface area contributed by atoms with E-state index in [9.17, 15) is 14.4 Å². The molecule has 3 aromatic heterocycles. The molecule has 1 saturated heterocycles. The fourth-order valence-corrected chi connectivity index (χ4v) is 5.63. The Labute approximate surface area is 226 Å². The average molecular weight is 526 g/mol. The Hall–Kier alpha value is -4.34. The monoisotopic (exact) mass is 525 g/mol. The van der Waals surface area contributed by atoms with Gasteiger partial charge in [-0.2, -0.15) is 5.10 Å². The molecular formula is C29H31N7O3. The number of carbonyl (C=O) groups excluding carboxylic acids is 3. The van der Waals surface area contributed by atoms with Crippen molar-refractivity contribution in [2.45, 2.75) is 66.1 Å². The first kappa shape index (κ1) is 26.3. The zero-order chi connectivity index (χ0) is 28.1. The van der Waals surface area contributed by atoms with Crippen LogP contribution in [0.4, 0.5) is 0 Å². The zero-order valence-electron chi connectivity index (χ0n) is 22.8. The molecule has 0 radical (unpaired) electrons. The number of aromatic nitrogens is 5. The molecule has 2 aliphatic rings. The standard InChI is InChI=1S/C29H31N7O3/c1-7-9-21(30-8-2)28(39)23-11-29(6)12-24(29)36(23)25(38)15-35-27-16(3)33-22(19-13-31-18(5)32-14-19)10-20(27)26(34-35)17(4)37/h7-10,13-14,23-24H,2,11-12,15H2,1,3-6H3/b9-7-,30-21+. The lowest BCUT2D eigenvalue weighted by Gasteiger charge is -2.26. The number of Topliss-reactive ketones (excluding diaryl/α,β-unsaturated/α-hetero) is 2. The molecule has 1 aliphatic carbocycles. The van der Waals surface area contributed by atoms with Crippen LogP contribution in [0.2, 0.25) is 0 Å². The smallest absolute Gasteiger partial charge is 0.245 e. The van der Waals surface area contributed by atoms with E-state index in [0.717, 1.165) is 6.42 Å². The predicted octanol–water partition coefficient (Wildman–Crippen LogP) is 3.82. The van der Waals surface area contributed by atoms with Crippen molar-refractivity contribution in [1.29, 1.82) is 0 Å². The first-order chi connectivity index (χ1) is 18.6. The van der Waals surface area contributed by atoms with Crippen molar-refractivity contribution < 1.29 is 14.4 Å². The summed E-state index contributed by atoms with van der Waals surface area (Å²) in [7, 11) is 0. The van der Waals surface area contributed by atoms with Crippen LogP contribution in [0.25, 0.3) is 22.2 Å². The normalized spacial score (nSPS) is 22.4. The molecule has 1 amide bonds. The third kappa shape index (κ3) is 4.60. The minimum Gasteiger partial charge on any atom is -0.327 e. The van der Waals surface area contributed by atoms with Gasteiger partial charge in [0.15, 0.2) is 5.78 Å². The van der Waals surface area contributed by atoms with Gasteiger partial charge in [0.1, 0.15) is 23.8 Å². The Morgan fingerprint density at radius 3 is 2.56 bits per heavy atom. The Kier molecular flexibility index (Phi) is 6.57. The van der Waals surface area contributed by atoms with E-state index >= 15 is 0 Å². The molecule has 0 aromatic carbocycles. The highest BCUT2D eigenvalue weighted by atomic mass is 16.2. The van der Waals surface area contributed by atoms with Crippen molar-refractivity contribution in [1.82, 2.24) is 29.6 Å². The van der Waals surface area contributed by atoms with Gasteiger partial charge in [-0.15, -0.1) is 0 Å². The van der Waals surface area contributed by atoms with Gasteiger partial charge >= 0.3 is 0 Å². The number of allylic oxidation sites excluding steroid dienone is 2. The van der Waals surface area contributed by atoms with Crippen LogP contribution < -0.4 is 0 Å². The second-order valence-corrected chi connectivity index (χ2v) is 10.5. The number of nitrogens with zero attached hydrogens (tertiary/aromatic N) is 7. The Morgan fingerprint density at radius 1 is 1.21 bits per heavy atom. The third-order valence-electron chi connectivity index (χ3n) is 7.63. The molecule has 3 unspecified atom stereocenters. The number of amides is 1. The molecule has 0 N–H and O–H groups in total. The number of fused-ring (bicyclic) bond motifs is 2. The Bertz CT molecular complexity index is 1580. The quantitative estimate of drug-likeness (QED) is 0.324. The van der Waals surface area contributed by atoms with Crippen molar-refractivity contribution in [3.8, 4) is 11.3 Å². The van der Waals surface area contributed by atoms with Crippen LogP contribution in [0, 0.1) is 19.3 Å². The number of likely N-dealkylation sites (tertiary alicyclic amines) is 1. The fraction of sp³-hybridized carbons (Fsp3) is 0.379. The molecule has 3 atom stereocenters. The van der Waals surface area contributed by atoms with E-state index < -0.39 is 6.04 Å². The van der Waals surface area contributed by atoms with Gasteiger partial charge in [0, 0.05) is 42.5 Å². The minimum atomic E-state index is -0.613. The van der Waals surface area contributed by atoms with Gasteiger partial charge in [-0.05, 0) is 51.2 Å². The van der Waals surface area contributed by atoms with Crippen LogP contribution in [0.1, 0.15) is 55.6 Å². The van der Waals surface area contributed by atoms with Crippen LogP contribution in [0.5, 0.6) is 0 Å². The molecule has 0 bridgehead atoms. The summed E-state index contributed by atoms with van der Waals surface area (Å²) in [6.07, 6.45) is 9.53. The predicted molar refractivity (Wildman–Crippen MR) is 147 cm³/mol. The van der Waals surface area contributed by atoms with E-state index in [4.69, 9.17) is 4.98 Å². The largest absolute Gasteiger partial charge is 0.327 e.